The van der Waals surface area contributed by atoms with Crippen molar-refractivity contribution in [2.45, 2.75) is 51.5 Å². The molecule has 0 aliphatic heterocycles. The Hall–Kier alpha value is -0.110. The summed E-state index contributed by atoms with van der Waals surface area (Å²) in [5.74, 6) is 0.780. The molecule has 1 N–H and O–H groups in total. The van der Waals surface area contributed by atoms with E-state index in [-0.39, 0.29) is 6.67 Å². The van der Waals surface area contributed by atoms with Crippen molar-refractivity contribution in [2.24, 2.45) is 5.92 Å². The van der Waals surface area contributed by atoms with Crippen LogP contribution in [0, 0.1) is 5.92 Å². The van der Waals surface area contributed by atoms with E-state index in [2.05, 4.69) is 12.2 Å². The lowest BCUT2D eigenvalue weighted by atomic mass is 9.97. The summed E-state index contributed by atoms with van der Waals surface area (Å²) >= 11 is 0. The fourth-order valence-corrected chi connectivity index (χ4v) is 2.15. The highest BCUT2D eigenvalue weighted by atomic mass is 19.1. The van der Waals surface area contributed by atoms with Gasteiger partial charge in [0, 0.05) is 6.04 Å². The van der Waals surface area contributed by atoms with Gasteiger partial charge in [-0.1, -0.05) is 26.2 Å². The molecule has 0 aromatic heterocycles. The largest absolute Gasteiger partial charge is 0.314 e. The van der Waals surface area contributed by atoms with Crippen LogP contribution in [-0.2, 0) is 0 Å². The Bertz CT molecular complexity index is 127. The molecule has 0 amide bonds. The van der Waals surface area contributed by atoms with Crippen LogP contribution < -0.4 is 5.32 Å². The Balaban J connectivity index is 2.19. The van der Waals surface area contributed by atoms with Gasteiger partial charge in [0.1, 0.15) is 0 Å². The minimum Gasteiger partial charge on any atom is -0.314 e. The second-order valence-electron chi connectivity index (χ2n) is 4.22. The molecule has 1 aliphatic rings. The summed E-state index contributed by atoms with van der Waals surface area (Å²) in [6, 6.07) is 0.647. The first-order valence-corrected chi connectivity index (χ1v) is 5.64. The predicted octanol–water partition coefficient (Wildman–Crippen LogP) is 2.90. The standard InChI is InChI=1S/C11H22FN/c1-10-6-3-2-4-7-11(10)13-9-5-8-12/h10-11,13H,2-9H2,1H3. The summed E-state index contributed by atoms with van der Waals surface area (Å²) < 4.78 is 11.9. The lowest BCUT2D eigenvalue weighted by Gasteiger charge is -2.22. The van der Waals surface area contributed by atoms with Crippen LogP contribution >= 0.6 is 0 Å². The van der Waals surface area contributed by atoms with E-state index in [9.17, 15) is 4.39 Å². The Morgan fingerprint density at radius 2 is 2.00 bits per heavy atom. The van der Waals surface area contributed by atoms with Gasteiger partial charge in [-0.2, -0.15) is 0 Å². The molecule has 78 valence electrons. The maximum absolute atomic E-state index is 11.9. The van der Waals surface area contributed by atoms with E-state index in [1.165, 1.54) is 32.1 Å². The lowest BCUT2D eigenvalue weighted by Crippen LogP contribution is -2.35. The minimum absolute atomic E-state index is 0.186. The number of rotatable bonds is 4. The normalized spacial score (nSPS) is 30.0. The van der Waals surface area contributed by atoms with Crippen molar-refractivity contribution >= 4 is 0 Å². The number of halogens is 1. The fraction of sp³-hybridized carbons (Fsp3) is 1.00. The molecule has 1 nitrogen and oxygen atoms in total. The Labute approximate surface area is 81.1 Å². The zero-order valence-corrected chi connectivity index (χ0v) is 8.69. The van der Waals surface area contributed by atoms with E-state index in [1.807, 2.05) is 0 Å². The van der Waals surface area contributed by atoms with Gasteiger partial charge in [0.2, 0.25) is 0 Å². The molecule has 0 saturated heterocycles. The molecule has 0 heterocycles. The smallest absolute Gasteiger partial charge is 0.0906 e. The van der Waals surface area contributed by atoms with Gasteiger partial charge in [-0.25, -0.2) is 0 Å². The molecule has 1 rings (SSSR count). The molecule has 0 radical (unpaired) electrons. The molecule has 1 fully saturated rings. The first-order chi connectivity index (χ1) is 6.34. The highest BCUT2D eigenvalue weighted by molar-refractivity contribution is 4.76. The number of hydrogen-bond acceptors (Lipinski definition) is 1. The first-order valence-electron chi connectivity index (χ1n) is 5.64. The summed E-state index contributed by atoms with van der Waals surface area (Å²) in [6.07, 6.45) is 7.40. The molecular weight excluding hydrogens is 165 g/mol. The average molecular weight is 187 g/mol. The van der Waals surface area contributed by atoms with Gasteiger partial charge in [-0.15, -0.1) is 0 Å². The third-order valence-corrected chi connectivity index (χ3v) is 3.08. The molecule has 2 heteroatoms. The van der Waals surface area contributed by atoms with E-state index >= 15 is 0 Å². The summed E-state index contributed by atoms with van der Waals surface area (Å²) in [7, 11) is 0. The monoisotopic (exact) mass is 187 g/mol. The zero-order chi connectivity index (χ0) is 9.52. The summed E-state index contributed by atoms with van der Waals surface area (Å²) in [5, 5.41) is 3.47. The molecule has 2 atom stereocenters. The minimum atomic E-state index is -0.186. The van der Waals surface area contributed by atoms with Crippen molar-refractivity contribution in [3.63, 3.8) is 0 Å². The van der Waals surface area contributed by atoms with Crippen molar-refractivity contribution in [3.8, 4) is 0 Å². The molecule has 0 aromatic rings. The highest BCUT2D eigenvalue weighted by Gasteiger charge is 2.18. The second kappa shape index (κ2) is 6.36. The molecule has 1 saturated carbocycles. The van der Waals surface area contributed by atoms with Crippen molar-refractivity contribution < 1.29 is 4.39 Å². The third kappa shape index (κ3) is 4.08. The van der Waals surface area contributed by atoms with E-state index in [0.717, 1.165) is 12.5 Å². The summed E-state index contributed by atoms with van der Waals surface area (Å²) in [5.41, 5.74) is 0. The Morgan fingerprint density at radius 3 is 2.77 bits per heavy atom. The maximum atomic E-state index is 11.9. The van der Waals surface area contributed by atoms with Gasteiger partial charge < -0.3 is 5.32 Å². The SMILES string of the molecule is CC1CCCCCC1NCCCF. The van der Waals surface area contributed by atoms with Crippen LogP contribution in [0.2, 0.25) is 0 Å². The quantitative estimate of drug-likeness (QED) is 0.527. The van der Waals surface area contributed by atoms with E-state index < -0.39 is 0 Å². The van der Waals surface area contributed by atoms with E-state index in [0.29, 0.717) is 12.5 Å². The van der Waals surface area contributed by atoms with E-state index in [1.54, 1.807) is 0 Å². The number of alkyl halides is 1. The highest BCUT2D eigenvalue weighted by Crippen LogP contribution is 2.22. The van der Waals surface area contributed by atoms with Crippen molar-refractivity contribution in [3.05, 3.63) is 0 Å². The van der Waals surface area contributed by atoms with Crippen molar-refractivity contribution in [1.82, 2.24) is 5.32 Å². The Morgan fingerprint density at radius 1 is 1.23 bits per heavy atom. The first kappa shape index (κ1) is 11.0. The van der Waals surface area contributed by atoms with Gasteiger partial charge in [0.05, 0.1) is 6.67 Å². The van der Waals surface area contributed by atoms with Gasteiger partial charge in [0.15, 0.2) is 0 Å². The molecule has 0 aromatic carbocycles. The van der Waals surface area contributed by atoms with Crippen LogP contribution in [0.4, 0.5) is 4.39 Å². The van der Waals surface area contributed by atoms with Crippen LogP contribution in [0.15, 0.2) is 0 Å². The van der Waals surface area contributed by atoms with Crippen LogP contribution in [0.1, 0.15) is 45.4 Å². The topological polar surface area (TPSA) is 12.0 Å². The van der Waals surface area contributed by atoms with Crippen molar-refractivity contribution in [2.75, 3.05) is 13.2 Å². The molecule has 13 heavy (non-hydrogen) atoms. The third-order valence-electron chi connectivity index (χ3n) is 3.08. The summed E-state index contributed by atoms with van der Waals surface area (Å²) in [6.45, 7) is 2.98. The number of hydrogen-bond donors (Lipinski definition) is 1. The van der Waals surface area contributed by atoms with Crippen LogP contribution in [0.3, 0.4) is 0 Å². The molecule has 0 spiro atoms. The summed E-state index contributed by atoms with van der Waals surface area (Å²) in [4.78, 5) is 0. The zero-order valence-electron chi connectivity index (χ0n) is 8.69. The van der Waals surface area contributed by atoms with Crippen LogP contribution in [-0.4, -0.2) is 19.3 Å². The van der Waals surface area contributed by atoms with Crippen LogP contribution in [0.25, 0.3) is 0 Å². The molecule has 1 aliphatic carbocycles. The number of nitrogens with one attached hydrogen (secondary N) is 1. The van der Waals surface area contributed by atoms with Crippen LogP contribution in [0.5, 0.6) is 0 Å². The van der Waals surface area contributed by atoms with Gasteiger partial charge >= 0.3 is 0 Å². The van der Waals surface area contributed by atoms with E-state index in [4.69, 9.17) is 0 Å². The molecule has 2 unspecified atom stereocenters. The van der Waals surface area contributed by atoms with Gasteiger partial charge in [-0.3, -0.25) is 4.39 Å². The maximum Gasteiger partial charge on any atom is 0.0906 e. The molecular formula is C11H22FN. The van der Waals surface area contributed by atoms with Gasteiger partial charge in [-0.05, 0) is 31.7 Å². The lowest BCUT2D eigenvalue weighted by molar-refractivity contribution is 0.346. The Kier molecular flexibility index (Phi) is 5.37. The second-order valence-corrected chi connectivity index (χ2v) is 4.22. The predicted molar refractivity (Wildman–Crippen MR) is 54.6 cm³/mol. The fourth-order valence-electron chi connectivity index (χ4n) is 2.15. The van der Waals surface area contributed by atoms with Crippen molar-refractivity contribution in [1.29, 1.82) is 0 Å². The average Bonchev–Trinajstić information content (AvgIpc) is 2.32. The van der Waals surface area contributed by atoms with Gasteiger partial charge in [0.25, 0.3) is 0 Å². The molecule has 0 bridgehead atoms.